The highest BCUT2D eigenvalue weighted by atomic mass is 32.2. The van der Waals surface area contributed by atoms with Crippen molar-refractivity contribution in [1.29, 1.82) is 0 Å². The van der Waals surface area contributed by atoms with Gasteiger partial charge < -0.3 is 4.55 Å². The molecule has 0 radical (unpaired) electrons. The van der Waals surface area contributed by atoms with Gasteiger partial charge in [0, 0.05) is 0 Å². The molecular weight excluding hydrogens is 231 g/mol. The SMILES string of the molecule is O=S([O-])c1c(F)c(F)c(F)c(F)c1F. The summed E-state index contributed by atoms with van der Waals surface area (Å²) in [4.78, 5) is -1.86. The predicted octanol–water partition coefficient (Wildman–Crippen LogP) is 1.62. The molecule has 1 unspecified atom stereocenters. The van der Waals surface area contributed by atoms with E-state index in [0.29, 0.717) is 0 Å². The molecule has 0 aliphatic rings. The first-order chi connectivity index (χ1) is 6.37. The Morgan fingerprint density at radius 2 is 1.07 bits per heavy atom. The summed E-state index contributed by atoms with van der Waals surface area (Å²) in [5, 5.41) is 0. The molecule has 1 rings (SSSR count). The Morgan fingerprint density at radius 3 is 1.36 bits per heavy atom. The molecule has 0 aliphatic carbocycles. The lowest BCUT2D eigenvalue weighted by molar-refractivity contribution is 0.356. The normalized spacial score (nSPS) is 13.0. The topological polar surface area (TPSA) is 40.1 Å². The lowest BCUT2D eigenvalue weighted by Gasteiger charge is -2.09. The van der Waals surface area contributed by atoms with Crippen LogP contribution in [0.5, 0.6) is 0 Å². The second-order valence-corrected chi connectivity index (χ2v) is 3.01. The zero-order valence-corrected chi connectivity index (χ0v) is 6.93. The molecule has 0 spiro atoms. The van der Waals surface area contributed by atoms with E-state index in [2.05, 4.69) is 0 Å². The Kier molecular flexibility index (Phi) is 2.86. The minimum atomic E-state index is -3.53. The van der Waals surface area contributed by atoms with Crippen LogP contribution in [-0.2, 0) is 11.1 Å². The fraction of sp³-hybridized carbons (Fsp3) is 0. The summed E-state index contributed by atoms with van der Waals surface area (Å²) >= 11 is -3.53. The Morgan fingerprint density at radius 1 is 0.786 bits per heavy atom. The fourth-order valence-electron chi connectivity index (χ4n) is 0.731. The zero-order valence-electron chi connectivity index (χ0n) is 6.11. The van der Waals surface area contributed by atoms with Crippen molar-refractivity contribution in [1.82, 2.24) is 0 Å². The smallest absolute Gasteiger partial charge is 0.200 e. The van der Waals surface area contributed by atoms with Gasteiger partial charge in [0.05, 0.1) is 0 Å². The summed E-state index contributed by atoms with van der Waals surface area (Å²) in [6.07, 6.45) is 0. The molecule has 0 aliphatic heterocycles. The lowest BCUT2D eigenvalue weighted by Crippen LogP contribution is -2.08. The quantitative estimate of drug-likeness (QED) is 0.319. The van der Waals surface area contributed by atoms with Crippen LogP contribution in [0, 0.1) is 29.1 Å². The predicted molar refractivity (Wildman–Crippen MR) is 33.4 cm³/mol. The van der Waals surface area contributed by atoms with E-state index in [4.69, 9.17) is 0 Å². The van der Waals surface area contributed by atoms with Crippen LogP contribution in [0.1, 0.15) is 0 Å². The maximum atomic E-state index is 12.5. The molecule has 0 aromatic heterocycles. The van der Waals surface area contributed by atoms with Crippen LogP contribution in [0.3, 0.4) is 0 Å². The summed E-state index contributed by atoms with van der Waals surface area (Å²) in [5.74, 6) is -11.7. The van der Waals surface area contributed by atoms with E-state index in [9.17, 15) is 30.7 Å². The number of hydrogen-bond donors (Lipinski definition) is 0. The molecule has 0 fully saturated rings. The van der Waals surface area contributed by atoms with Gasteiger partial charge in [-0.15, -0.1) is 0 Å². The van der Waals surface area contributed by atoms with Gasteiger partial charge in [-0.05, 0) is 11.1 Å². The molecule has 0 saturated carbocycles. The van der Waals surface area contributed by atoms with Gasteiger partial charge >= 0.3 is 0 Å². The Bertz CT molecular complexity index is 390. The molecule has 2 nitrogen and oxygen atoms in total. The van der Waals surface area contributed by atoms with Gasteiger partial charge in [0.1, 0.15) is 4.90 Å². The molecule has 0 bridgehead atoms. The van der Waals surface area contributed by atoms with E-state index in [-0.39, 0.29) is 0 Å². The van der Waals surface area contributed by atoms with Crippen LogP contribution in [-0.4, -0.2) is 8.76 Å². The molecule has 0 amide bonds. The second kappa shape index (κ2) is 3.62. The number of hydrogen-bond acceptors (Lipinski definition) is 2. The third-order valence-electron chi connectivity index (χ3n) is 1.34. The number of halogens is 5. The minimum Gasteiger partial charge on any atom is -0.768 e. The highest BCUT2D eigenvalue weighted by molar-refractivity contribution is 7.79. The molecule has 0 heterocycles. The monoisotopic (exact) mass is 231 g/mol. The standard InChI is InChI=1S/C6HF5O2S/c7-1-2(8)4(10)6(14(12)13)5(11)3(1)9/h(H,12,13)/p-1. The van der Waals surface area contributed by atoms with Gasteiger partial charge in [-0.2, -0.15) is 0 Å². The van der Waals surface area contributed by atoms with E-state index in [1.807, 2.05) is 0 Å². The van der Waals surface area contributed by atoms with Crippen molar-refractivity contribution in [3.05, 3.63) is 29.1 Å². The van der Waals surface area contributed by atoms with Crippen LogP contribution in [0.2, 0.25) is 0 Å². The van der Waals surface area contributed by atoms with Crippen molar-refractivity contribution in [2.75, 3.05) is 0 Å². The van der Waals surface area contributed by atoms with Crippen molar-refractivity contribution < 1.29 is 30.7 Å². The van der Waals surface area contributed by atoms with Crippen molar-refractivity contribution in [2.45, 2.75) is 4.90 Å². The second-order valence-electron chi connectivity index (χ2n) is 2.13. The van der Waals surface area contributed by atoms with Crippen molar-refractivity contribution in [3.8, 4) is 0 Å². The number of benzene rings is 1. The first kappa shape index (κ1) is 11.1. The van der Waals surface area contributed by atoms with Crippen LogP contribution < -0.4 is 0 Å². The van der Waals surface area contributed by atoms with Gasteiger partial charge in [-0.1, -0.05) is 0 Å². The van der Waals surface area contributed by atoms with Crippen LogP contribution >= 0.6 is 0 Å². The third kappa shape index (κ3) is 1.50. The number of rotatable bonds is 1. The first-order valence-corrected chi connectivity index (χ1v) is 4.06. The van der Waals surface area contributed by atoms with Crippen LogP contribution in [0.4, 0.5) is 22.0 Å². The zero-order chi connectivity index (χ0) is 11.0. The van der Waals surface area contributed by atoms with E-state index >= 15 is 0 Å². The summed E-state index contributed by atoms with van der Waals surface area (Å²) in [5.41, 5.74) is 0. The van der Waals surface area contributed by atoms with Gasteiger partial charge in [-0.25, -0.2) is 22.0 Å². The summed E-state index contributed by atoms with van der Waals surface area (Å²) < 4.78 is 82.3. The average molecular weight is 231 g/mol. The summed E-state index contributed by atoms with van der Waals surface area (Å²) in [6, 6.07) is 0. The van der Waals surface area contributed by atoms with Gasteiger partial charge in [0.15, 0.2) is 23.3 Å². The molecule has 78 valence electrons. The van der Waals surface area contributed by atoms with Crippen molar-refractivity contribution in [3.63, 3.8) is 0 Å². The summed E-state index contributed by atoms with van der Waals surface area (Å²) in [7, 11) is 0. The lowest BCUT2D eigenvalue weighted by atomic mass is 10.3. The fourth-order valence-corrected chi connectivity index (χ4v) is 1.20. The Balaban J connectivity index is 3.68. The van der Waals surface area contributed by atoms with E-state index in [1.54, 1.807) is 0 Å². The molecular formula is C6F5O2S-. The molecule has 1 aromatic rings. The molecule has 1 aromatic carbocycles. The highest BCUT2D eigenvalue weighted by Crippen LogP contribution is 2.24. The molecule has 8 heteroatoms. The van der Waals surface area contributed by atoms with Crippen LogP contribution in [0.25, 0.3) is 0 Å². The first-order valence-electron chi connectivity index (χ1n) is 2.98. The van der Waals surface area contributed by atoms with E-state index < -0.39 is 45.1 Å². The van der Waals surface area contributed by atoms with E-state index in [0.717, 1.165) is 0 Å². The maximum Gasteiger partial charge on any atom is 0.200 e. The van der Waals surface area contributed by atoms with Crippen LogP contribution in [0.15, 0.2) is 4.90 Å². The van der Waals surface area contributed by atoms with Gasteiger partial charge in [0.2, 0.25) is 5.82 Å². The largest absolute Gasteiger partial charge is 0.768 e. The van der Waals surface area contributed by atoms with E-state index in [1.165, 1.54) is 0 Å². The Labute approximate surface area is 76.6 Å². The van der Waals surface area contributed by atoms with Gasteiger partial charge in [0.25, 0.3) is 0 Å². The maximum absolute atomic E-state index is 12.5. The Hall–Kier alpha value is -1.02. The van der Waals surface area contributed by atoms with Crippen molar-refractivity contribution in [2.24, 2.45) is 0 Å². The molecule has 0 saturated heterocycles. The molecule has 1 atom stereocenters. The summed E-state index contributed by atoms with van der Waals surface area (Å²) in [6.45, 7) is 0. The minimum absolute atomic E-state index is 1.86. The highest BCUT2D eigenvalue weighted by Gasteiger charge is 2.25. The molecule has 0 N–H and O–H groups in total. The third-order valence-corrected chi connectivity index (χ3v) is 2.03. The molecule has 14 heavy (non-hydrogen) atoms. The van der Waals surface area contributed by atoms with Gasteiger partial charge in [-0.3, -0.25) is 4.21 Å². The van der Waals surface area contributed by atoms with Crippen molar-refractivity contribution >= 4 is 11.1 Å². The average Bonchev–Trinajstić information content (AvgIpc) is 2.11.